The highest BCUT2D eigenvalue weighted by Gasteiger charge is 2.15. The Morgan fingerprint density at radius 1 is 1.19 bits per heavy atom. The number of halogens is 1. The van der Waals surface area contributed by atoms with E-state index in [1.807, 2.05) is 61.3 Å². The van der Waals surface area contributed by atoms with Gasteiger partial charge in [0.15, 0.2) is 11.5 Å². The Kier molecular flexibility index (Phi) is 6.01. The van der Waals surface area contributed by atoms with Crippen molar-refractivity contribution in [2.24, 2.45) is 0 Å². The van der Waals surface area contributed by atoms with Crippen LogP contribution in [0.1, 0.15) is 24.1 Å². The number of nitrogens with zero attached hydrogens (tertiary/aromatic N) is 1. The van der Waals surface area contributed by atoms with E-state index < -0.39 is 0 Å². The molecule has 0 aromatic heterocycles. The molecule has 0 spiro atoms. The van der Waals surface area contributed by atoms with Crippen LogP contribution in [0.4, 0.5) is 0 Å². The maximum absolute atomic E-state index is 12.3. The van der Waals surface area contributed by atoms with Gasteiger partial charge in [-0.05, 0) is 43.3 Å². The van der Waals surface area contributed by atoms with Gasteiger partial charge >= 0.3 is 0 Å². The van der Waals surface area contributed by atoms with Gasteiger partial charge in [0, 0.05) is 11.6 Å². The molecule has 5 nitrogen and oxygen atoms in total. The number of carbonyl (C=O) groups is 1. The molecule has 0 fully saturated rings. The van der Waals surface area contributed by atoms with Crippen LogP contribution in [0.25, 0.3) is 0 Å². The Hall–Kier alpha value is -2.24. The Morgan fingerprint density at radius 2 is 1.92 bits per heavy atom. The van der Waals surface area contributed by atoms with Crippen molar-refractivity contribution in [2.75, 3.05) is 26.8 Å². The van der Waals surface area contributed by atoms with E-state index in [1.165, 1.54) is 0 Å². The van der Waals surface area contributed by atoms with Crippen LogP contribution in [0.15, 0.2) is 42.5 Å². The molecule has 138 valence electrons. The summed E-state index contributed by atoms with van der Waals surface area (Å²) >= 11 is 6.19. The van der Waals surface area contributed by atoms with Crippen molar-refractivity contribution in [1.29, 1.82) is 0 Å². The van der Waals surface area contributed by atoms with Crippen LogP contribution in [0.3, 0.4) is 0 Å². The number of nitrogens with one attached hydrogen (secondary N) is 1. The second-order valence-electron chi connectivity index (χ2n) is 6.46. The Balaban J connectivity index is 1.53. The van der Waals surface area contributed by atoms with E-state index in [1.54, 1.807) is 0 Å². The minimum atomic E-state index is -0.140. The molecular weight excluding hydrogens is 352 g/mol. The number of fused-ring (bicyclic) bond motifs is 1. The summed E-state index contributed by atoms with van der Waals surface area (Å²) in [5, 5.41) is 3.65. The second kappa shape index (κ2) is 8.43. The lowest BCUT2D eigenvalue weighted by molar-refractivity contribution is -0.122. The number of hydrogen-bond donors (Lipinski definition) is 1. The number of carbonyl (C=O) groups excluding carboxylic acids is 1. The van der Waals surface area contributed by atoms with E-state index in [9.17, 15) is 4.79 Å². The maximum atomic E-state index is 12.3. The lowest BCUT2D eigenvalue weighted by atomic mass is 10.1. The third-order valence-corrected chi connectivity index (χ3v) is 4.57. The number of rotatable bonds is 6. The van der Waals surface area contributed by atoms with Gasteiger partial charge in [0.05, 0.1) is 12.6 Å². The molecule has 1 heterocycles. The molecule has 1 aliphatic heterocycles. The minimum absolute atomic E-state index is 0.0440. The van der Waals surface area contributed by atoms with Crippen molar-refractivity contribution in [3.63, 3.8) is 0 Å². The lowest BCUT2D eigenvalue weighted by Crippen LogP contribution is -2.36. The van der Waals surface area contributed by atoms with Crippen LogP contribution in [0.2, 0.25) is 5.02 Å². The summed E-state index contributed by atoms with van der Waals surface area (Å²) in [6.45, 7) is 4.01. The molecule has 0 aliphatic carbocycles. The SMILES string of the molecule is C[C@@H](NC(=O)CN(C)Cc1ccc2c(c1)OCCO2)c1ccccc1Cl. The molecule has 2 aromatic carbocycles. The van der Waals surface area contributed by atoms with Gasteiger partial charge in [0.2, 0.25) is 5.91 Å². The van der Waals surface area contributed by atoms with E-state index in [0.29, 0.717) is 31.3 Å². The van der Waals surface area contributed by atoms with Crippen LogP contribution in [-0.2, 0) is 11.3 Å². The normalized spacial score (nSPS) is 14.2. The Labute approximate surface area is 158 Å². The van der Waals surface area contributed by atoms with E-state index in [2.05, 4.69) is 5.32 Å². The Bertz CT molecular complexity index is 781. The first-order valence-corrected chi connectivity index (χ1v) is 9.01. The zero-order valence-corrected chi connectivity index (χ0v) is 15.8. The summed E-state index contributed by atoms with van der Waals surface area (Å²) in [5.74, 6) is 1.49. The van der Waals surface area contributed by atoms with Crippen LogP contribution < -0.4 is 14.8 Å². The number of ether oxygens (including phenoxy) is 2. The minimum Gasteiger partial charge on any atom is -0.486 e. The predicted molar refractivity (Wildman–Crippen MR) is 102 cm³/mol. The summed E-state index contributed by atoms with van der Waals surface area (Å²) in [6.07, 6.45) is 0. The standard InChI is InChI=1S/C20H23ClN2O3/c1-14(16-5-3-4-6-17(16)21)22-20(24)13-23(2)12-15-7-8-18-19(11-15)26-10-9-25-18/h3-8,11,14H,9-10,12-13H2,1-2H3,(H,22,24)/t14-/m1/s1. The van der Waals surface area contributed by atoms with Gasteiger partial charge < -0.3 is 14.8 Å². The molecule has 1 aliphatic rings. The molecular formula is C20H23ClN2O3. The third kappa shape index (κ3) is 4.68. The highest BCUT2D eigenvalue weighted by molar-refractivity contribution is 6.31. The van der Waals surface area contributed by atoms with Crippen LogP contribution in [-0.4, -0.2) is 37.6 Å². The third-order valence-electron chi connectivity index (χ3n) is 4.22. The average molecular weight is 375 g/mol. The van der Waals surface area contributed by atoms with Gasteiger partial charge in [0.1, 0.15) is 13.2 Å². The molecule has 26 heavy (non-hydrogen) atoms. The molecule has 0 saturated heterocycles. The highest BCUT2D eigenvalue weighted by Crippen LogP contribution is 2.31. The summed E-state index contributed by atoms with van der Waals surface area (Å²) in [5.41, 5.74) is 1.99. The summed E-state index contributed by atoms with van der Waals surface area (Å²) < 4.78 is 11.1. The van der Waals surface area contributed by atoms with Crippen LogP contribution >= 0.6 is 11.6 Å². The average Bonchev–Trinajstić information content (AvgIpc) is 2.61. The first-order chi connectivity index (χ1) is 12.5. The molecule has 1 amide bonds. The molecule has 2 aromatic rings. The smallest absolute Gasteiger partial charge is 0.234 e. The van der Waals surface area contributed by atoms with Crippen molar-refractivity contribution in [3.05, 3.63) is 58.6 Å². The number of likely N-dealkylation sites (N-methyl/N-ethyl adjacent to an activating group) is 1. The molecule has 0 unspecified atom stereocenters. The highest BCUT2D eigenvalue weighted by atomic mass is 35.5. The van der Waals surface area contributed by atoms with Gasteiger partial charge in [-0.15, -0.1) is 0 Å². The molecule has 0 radical (unpaired) electrons. The maximum Gasteiger partial charge on any atom is 0.234 e. The lowest BCUT2D eigenvalue weighted by Gasteiger charge is -2.22. The second-order valence-corrected chi connectivity index (χ2v) is 6.87. The molecule has 0 saturated carbocycles. The zero-order valence-electron chi connectivity index (χ0n) is 15.0. The van der Waals surface area contributed by atoms with E-state index in [0.717, 1.165) is 22.6 Å². The first kappa shape index (κ1) is 18.5. The zero-order chi connectivity index (χ0) is 18.5. The number of benzene rings is 2. The molecule has 6 heteroatoms. The fourth-order valence-corrected chi connectivity index (χ4v) is 3.29. The van der Waals surface area contributed by atoms with Crippen molar-refractivity contribution in [2.45, 2.75) is 19.5 Å². The summed E-state index contributed by atoms with van der Waals surface area (Å²) in [7, 11) is 1.91. The van der Waals surface area contributed by atoms with Crippen molar-refractivity contribution < 1.29 is 14.3 Å². The van der Waals surface area contributed by atoms with Gasteiger partial charge in [-0.25, -0.2) is 0 Å². The van der Waals surface area contributed by atoms with Gasteiger partial charge in [0.25, 0.3) is 0 Å². The summed E-state index contributed by atoms with van der Waals surface area (Å²) in [4.78, 5) is 14.3. The van der Waals surface area contributed by atoms with Gasteiger partial charge in [-0.3, -0.25) is 9.69 Å². The monoisotopic (exact) mass is 374 g/mol. The molecule has 1 atom stereocenters. The van der Waals surface area contributed by atoms with Crippen LogP contribution in [0, 0.1) is 0 Å². The van der Waals surface area contributed by atoms with Crippen molar-refractivity contribution >= 4 is 17.5 Å². The molecule has 0 bridgehead atoms. The van der Waals surface area contributed by atoms with E-state index >= 15 is 0 Å². The van der Waals surface area contributed by atoms with E-state index in [4.69, 9.17) is 21.1 Å². The first-order valence-electron chi connectivity index (χ1n) is 8.64. The van der Waals surface area contributed by atoms with Crippen LogP contribution in [0.5, 0.6) is 11.5 Å². The topological polar surface area (TPSA) is 50.8 Å². The largest absolute Gasteiger partial charge is 0.486 e. The Morgan fingerprint density at radius 3 is 2.69 bits per heavy atom. The van der Waals surface area contributed by atoms with Gasteiger partial charge in [-0.2, -0.15) is 0 Å². The van der Waals surface area contributed by atoms with Crippen molar-refractivity contribution in [1.82, 2.24) is 10.2 Å². The molecule has 3 rings (SSSR count). The summed E-state index contributed by atoms with van der Waals surface area (Å²) in [6, 6.07) is 13.3. The number of hydrogen-bond acceptors (Lipinski definition) is 4. The predicted octanol–water partition coefficient (Wildman–Crippen LogP) is 3.42. The van der Waals surface area contributed by atoms with E-state index in [-0.39, 0.29) is 11.9 Å². The van der Waals surface area contributed by atoms with Gasteiger partial charge in [-0.1, -0.05) is 35.9 Å². The number of amides is 1. The van der Waals surface area contributed by atoms with Crippen molar-refractivity contribution in [3.8, 4) is 11.5 Å². The molecule has 1 N–H and O–H groups in total. The quantitative estimate of drug-likeness (QED) is 0.841. The fraction of sp³-hybridized carbons (Fsp3) is 0.350. The fourth-order valence-electron chi connectivity index (χ4n) is 2.99.